The number of thiazole rings is 1. The van der Waals surface area contributed by atoms with Crippen LogP contribution >= 0.6 is 23.1 Å². The predicted octanol–water partition coefficient (Wildman–Crippen LogP) is 4.25. The second kappa shape index (κ2) is 11.0. The minimum absolute atomic E-state index is 0.179. The van der Waals surface area contributed by atoms with Gasteiger partial charge >= 0.3 is 10.8 Å². The van der Waals surface area contributed by atoms with Gasteiger partial charge in [0.05, 0.1) is 23.2 Å². The zero-order valence-corrected chi connectivity index (χ0v) is 23.4. The third-order valence-electron chi connectivity index (χ3n) is 7.11. The summed E-state index contributed by atoms with van der Waals surface area (Å²) in [7, 11) is 0. The van der Waals surface area contributed by atoms with Crippen LogP contribution < -0.4 is 14.7 Å². The minimum Gasteiger partial charge on any atom is -0.465 e. The average Bonchev–Trinajstić information content (AvgIpc) is 3.37. The van der Waals surface area contributed by atoms with Crippen LogP contribution in [-0.2, 0) is 25.7 Å². The Labute approximate surface area is 233 Å². The lowest BCUT2D eigenvalue weighted by atomic mass is 9.83. The van der Waals surface area contributed by atoms with Crippen molar-refractivity contribution in [3.63, 3.8) is 0 Å². The first-order chi connectivity index (χ1) is 18.8. The van der Waals surface area contributed by atoms with Crippen molar-refractivity contribution in [1.82, 2.24) is 4.57 Å². The fourth-order valence-corrected chi connectivity index (χ4v) is 8.05. The molecule has 3 heterocycles. The molecule has 3 aromatic rings. The Hall–Kier alpha value is -3.44. The number of carbonyl (C=O) groups is 3. The quantitative estimate of drug-likeness (QED) is 0.296. The Bertz CT molecular complexity index is 1460. The number of thioether (sulfide) groups is 1. The van der Waals surface area contributed by atoms with Crippen molar-refractivity contribution in [1.29, 1.82) is 0 Å². The van der Waals surface area contributed by atoms with Crippen LogP contribution in [-0.4, -0.2) is 47.3 Å². The van der Waals surface area contributed by atoms with Gasteiger partial charge in [0.2, 0.25) is 11.8 Å². The van der Waals surface area contributed by atoms with Crippen molar-refractivity contribution >= 4 is 52.3 Å². The largest absolute Gasteiger partial charge is 0.465 e. The molecule has 2 amide bonds. The number of ether oxygens (including phenoxy) is 1. The molecule has 2 aliphatic rings. The Morgan fingerprint density at radius 1 is 0.974 bits per heavy atom. The number of halogens is 1. The number of imide groups is 1. The molecule has 1 saturated heterocycles. The number of rotatable bonds is 8. The van der Waals surface area contributed by atoms with Gasteiger partial charge in [-0.2, -0.15) is 0 Å². The van der Waals surface area contributed by atoms with Crippen LogP contribution in [0.15, 0.2) is 58.4 Å². The van der Waals surface area contributed by atoms with Gasteiger partial charge in [-0.05, 0) is 62.7 Å². The number of aromatic nitrogens is 1. The van der Waals surface area contributed by atoms with E-state index in [0.29, 0.717) is 15.6 Å². The molecule has 0 bridgehead atoms. The Morgan fingerprint density at radius 2 is 1.64 bits per heavy atom. The van der Waals surface area contributed by atoms with Crippen molar-refractivity contribution in [3.05, 3.63) is 74.5 Å². The van der Waals surface area contributed by atoms with Crippen LogP contribution in [0.25, 0.3) is 0 Å². The van der Waals surface area contributed by atoms with E-state index in [1.54, 1.807) is 6.92 Å². The van der Waals surface area contributed by atoms with Gasteiger partial charge in [-0.25, -0.2) is 9.29 Å². The molecule has 2 unspecified atom stereocenters. The maximum atomic E-state index is 13.9. The van der Waals surface area contributed by atoms with E-state index in [2.05, 4.69) is 18.7 Å². The summed E-state index contributed by atoms with van der Waals surface area (Å²) in [5.74, 6) is -3.19. The van der Waals surface area contributed by atoms with Gasteiger partial charge in [0.25, 0.3) is 0 Å². The highest BCUT2D eigenvalue weighted by atomic mass is 32.2. The fraction of sp³-hybridized carbons (Fsp3) is 0.357. The summed E-state index contributed by atoms with van der Waals surface area (Å²) in [5.41, 5.74) is 2.12. The van der Waals surface area contributed by atoms with Crippen molar-refractivity contribution in [2.45, 2.75) is 43.5 Å². The second-order valence-electron chi connectivity index (χ2n) is 9.22. The molecule has 0 aliphatic carbocycles. The molecule has 3 atom stereocenters. The summed E-state index contributed by atoms with van der Waals surface area (Å²) in [6, 6.07) is 13.1. The van der Waals surface area contributed by atoms with Crippen LogP contribution in [0.4, 0.5) is 15.8 Å². The monoisotopic (exact) mass is 569 g/mol. The van der Waals surface area contributed by atoms with Crippen molar-refractivity contribution in [2.24, 2.45) is 5.92 Å². The molecular formula is C28H28FN3O5S2. The number of hydrogen-bond donors (Lipinski definition) is 0. The number of esters is 1. The molecule has 204 valence electrons. The van der Waals surface area contributed by atoms with Gasteiger partial charge in [0.15, 0.2) is 0 Å². The molecule has 1 aromatic heterocycles. The van der Waals surface area contributed by atoms with Crippen LogP contribution in [0.1, 0.15) is 37.1 Å². The normalized spacial score (nSPS) is 20.1. The topological polar surface area (TPSA) is 88.9 Å². The summed E-state index contributed by atoms with van der Waals surface area (Å²) < 4.78 is 20.0. The van der Waals surface area contributed by atoms with E-state index in [4.69, 9.17) is 4.74 Å². The van der Waals surface area contributed by atoms with E-state index in [1.807, 2.05) is 24.3 Å². The van der Waals surface area contributed by atoms with Gasteiger partial charge < -0.3 is 9.64 Å². The number of hydrogen-bond acceptors (Lipinski definition) is 8. The van der Waals surface area contributed by atoms with Crippen LogP contribution in [0, 0.1) is 11.7 Å². The molecule has 1 fully saturated rings. The first-order valence-corrected chi connectivity index (χ1v) is 14.5. The highest BCUT2D eigenvalue weighted by Crippen LogP contribution is 2.54. The number of fused-ring (bicyclic) bond motifs is 2. The number of benzene rings is 2. The Morgan fingerprint density at radius 3 is 2.26 bits per heavy atom. The summed E-state index contributed by atoms with van der Waals surface area (Å²) in [5, 5.41) is -0.316. The molecule has 5 rings (SSSR count). The molecule has 0 saturated carbocycles. The highest BCUT2D eigenvalue weighted by Gasteiger charge is 2.56. The van der Waals surface area contributed by atoms with Gasteiger partial charge in [-0.15, -0.1) is 0 Å². The third-order valence-corrected chi connectivity index (χ3v) is 9.71. The van der Waals surface area contributed by atoms with E-state index in [0.717, 1.165) is 52.3 Å². The first-order valence-electron chi connectivity index (χ1n) is 12.8. The number of anilines is 2. The van der Waals surface area contributed by atoms with Gasteiger partial charge in [-0.1, -0.05) is 35.2 Å². The fourth-order valence-electron chi connectivity index (χ4n) is 5.28. The lowest BCUT2D eigenvalue weighted by molar-refractivity contribution is -0.144. The highest BCUT2D eigenvalue weighted by molar-refractivity contribution is 8.00. The number of amides is 2. The van der Waals surface area contributed by atoms with Crippen molar-refractivity contribution in [3.8, 4) is 0 Å². The van der Waals surface area contributed by atoms with Crippen LogP contribution in [0.2, 0.25) is 0 Å². The van der Waals surface area contributed by atoms with Gasteiger partial charge in [0, 0.05) is 29.6 Å². The smallest absolute Gasteiger partial charge is 0.326 e. The lowest BCUT2D eigenvalue weighted by Crippen LogP contribution is -2.32. The molecule has 0 radical (unpaired) electrons. The zero-order chi connectivity index (χ0) is 27.8. The molecule has 0 N–H and O–H groups in total. The lowest BCUT2D eigenvalue weighted by Gasteiger charge is -2.31. The first kappa shape index (κ1) is 27.1. The summed E-state index contributed by atoms with van der Waals surface area (Å²) >= 11 is 2.12. The van der Waals surface area contributed by atoms with E-state index >= 15 is 0 Å². The second-order valence-corrected chi connectivity index (χ2v) is 11.3. The van der Waals surface area contributed by atoms with E-state index in [-0.39, 0.29) is 18.0 Å². The standard InChI is InChI=1S/C28H28FN3O5S2/c1-4-30(5-2)18-11-7-16(8-12-18)21-22-23(26(35)32(25(22)34)19-13-9-17(29)10-14-19)38-27-24(21)39-28(36)31(27)15-20(33)37-6-3/h7-14,21-23H,4-6,15H2,1-3H3/t21-,22?,23?/m1/s1. The summed E-state index contributed by atoms with van der Waals surface area (Å²) in [6.45, 7) is 7.41. The molecule has 2 aliphatic heterocycles. The van der Waals surface area contributed by atoms with Crippen molar-refractivity contribution in [2.75, 3.05) is 29.5 Å². The van der Waals surface area contributed by atoms with Crippen LogP contribution in [0.3, 0.4) is 0 Å². The number of carbonyl (C=O) groups excluding carboxylic acids is 3. The molecule has 8 nitrogen and oxygen atoms in total. The van der Waals surface area contributed by atoms with E-state index in [1.165, 1.54) is 28.8 Å². The maximum Gasteiger partial charge on any atom is 0.326 e. The van der Waals surface area contributed by atoms with Crippen LogP contribution in [0.5, 0.6) is 0 Å². The average molecular weight is 570 g/mol. The molecule has 11 heteroatoms. The molecular weight excluding hydrogens is 541 g/mol. The molecule has 2 aromatic carbocycles. The molecule has 0 spiro atoms. The van der Waals surface area contributed by atoms with E-state index in [9.17, 15) is 23.6 Å². The van der Waals surface area contributed by atoms with E-state index < -0.39 is 40.7 Å². The van der Waals surface area contributed by atoms with Gasteiger partial charge in [0.1, 0.15) is 17.6 Å². The number of nitrogens with zero attached hydrogens (tertiary/aromatic N) is 3. The third kappa shape index (κ3) is 4.78. The minimum atomic E-state index is -0.815. The SMILES string of the molecule is CCOC(=O)Cn1c2c(sc1=O)[C@H](c1ccc(N(CC)CC)cc1)C1C(=O)N(c3ccc(F)cc3)C(=O)C1S2. The predicted molar refractivity (Wildman–Crippen MR) is 149 cm³/mol. The molecule has 39 heavy (non-hydrogen) atoms. The summed E-state index contributed by atoms with van der Waals surface area (Å²) in [4.78, 5) is 56.6. The Balaban J connectivity index is 1.62. The Kier molecular flexibility index (Phi) is 7.64. The van der Waals surface area contributed by atoms with Gasteiger partial charge in [-0.3, -0.25) is 23.7 Å². The van der Waals surface area contributed by atoms with Crippen molar-refractivity contribution < 1.29 is 23.5 Å². The zero-order valence-electron chi connectivity index (χ0n) is 21.8. The maximum absolute atomic E-state index is 13.9. The summed E-state index contributed by atoms with van der Waals surface area (Å²) in [6.07, 6.45) is 0.